The summed E-state index contributed by atoms with van der Waals surface area (Å²) in [5, 5.41) is 9.09. The smallest absolute Gasteiger partial charge is 0.258 e. The molecule has 164 valence electrons. The average molecular weight is 437 g/mol. The largest absolute Gasteiger partial charge is 0.478 e. The van der Waals surface area contributed by atoms with Gasteiger partial charge in [-0.3, -0.25) is 0 Å². The fourth-order valence-corrected chi connectivity index (χ4v) is 4.26. The van der Waals surface area contributed by atoms with E-state index in [2.05, 4.69) is 68.6 Å². The van der Waals surface area contributed by atoms with E-state index in [4.69, 9.17) is 9.72 Å². The average Bonchev–Trinajstić information content (AvgIpc) is 3.60. The van der Waals surface area contributed by atoms with Crippen molar-refractivity contribution in [2.24, 2.45) is 0 Å². The first-order valence-electron chi connectivity index (χ1n) is 11.3. The number of nitrogens with zero attached hydrogens (tertiary/aromatic N) is 6. The van der Waals surface area contributed by atoms with Crippen LogP contribution in [0.1, 0.15) is 31.2 Å². The quantitative estimate of drug-likeness (QED) is 0.356. The summed E-state index contributed by atoms with van der Waals surface area (Å²) in [6.45, 7) is 2.49. The molecule has 0 radical (unpaired) electrons. The van der Waals surface area contributed by atoms with Crippen LogP contribution in [-0.4, -0.2) is 38.2 Å². The van der Waals surface area contributed by atoms with Gasteiger partial charge in [-0.15, -0.1) is 10.2 Å². The summed E-state index contributed by atoms with van der Waals surface area (Å²) in [4.78, 5) is 11.5. The molecule has 0 bridgehead atoms. The third-order valence-electron chi connectivity index (χ3n) is 6.19. The maximum absolute atomic E-state index is 5.62. The van der Waals surface area contributed by atoms with E-state index in [1.165, 1.54) is 29.5 Å². The van der Waals surface area contributed by atoms with Crippen molar-refractivity contribution in [3.05, 3.63) is 72.6 Å². The van der Waals surface area contributed by atoms with E-state index >= 15 is 0 Å². The van der Waals surface area contributed by atoms with Crippen molar-refractivity contribution in [3.8, 4) is 17.0 Å². The van der Waals surface area contributed by atoms with Gasteiger partial charge in [-0.05, 0) is 60.6 Å². The van der Waals surface area contributed by atoms with Crippen LogP contribution in [0, 0.1) is 0 Å². The molecule has 6 rings (SSSR count). The van der Waals surface area contributed by atoms with Gasteiger partial charge < -0.3 is 9.64 Å². The minimum atomic E-state index is 0.498. The Labute approximate surface area is 191 Å². The molecule has 1 saturated carbocycles. The van der Waals surface area contributed by atoms with Crippen LogP contribution in [0.3, 0.4) is 0 Å². The highest BCUT2D eigenvalue weighted by atomic mass is 16.5. The normalized spacial score (nSPS) is 13.5. The SMILES string of the molecule is CCOc1ccc2c(N(C)c3cccc(-c4ccc(C5CC5)cc4)c3)nc3nncn3c2n1. The summed E-state index contributed by atoms with van der Waals surface area (Å²) in [6.07, 6.45) is 4.26. The highest BCUT2D eigenvalue weighted by molar-refractivity contribution is 5.91. The molecule has 33 heavy (non-hydrogen) atoms. The Morgan fingerprint density at radius 1 is 1.00 bits per heavy atom. The first-order chi connectivity index (χ1) is 16.2. The molecule has 7 nitrogen and oxygen atoms in total. The fourth-order valence-electron chi connectivity index (χ4n) is 4.26. The van der Waals surface area contributed by atoms with Gasteiger partial charge in [0, 0.05) is 18.8 Å². The fraction of sp³-hybridized carbons (Fsp3) is 0.231. The predicted molar refractivity (Wildman–Crippen MR) is 129 cm³/mol. The lowest BCUT2D eigenvalue weighted by atomic mass is 10.0. The highest BCUT2D eigenvalue weighted by Crippen LogP contribution is 2.40. The van der Waals surface area contributed by atoms with Crippen molar-refractivity contribution in [1.29, 1.82) is 0 Å². The molecule has 0 saturated heterocycles. The first-order valence-corrected chi connectivity index (χ1v) is 11.3. The second-order valence-corrected chi connectivity index (χ2v) is 8.40. The Morgan fingerprint density at radius 3 is 2.64 bits per heavy atom. The Kier molecular flexibility index (Phi) is 4.68. The van der Waals surface area contributed by atoms with Crippen molar-refractivity contribution in [2.75, 3.05) is 18.6 Å². The van der Waals surface area contributed by atoms with Crippen LogP contribution in [0.4, 0.5) is 11.5 Å². The minimum absolute atomic E-state index is 0.498. The molecular formula is C26H24N6O. The Bertz CT molecular complexity index is 1460. The topological polar surface area (TPSA) is 68.4 Å². The zero-order valence-electron chi connectivity index (χ0n) is 18.6. The number of pyridine rings is 1. The van der Waals surface area contributed by atoms with Gasteiger partial charge >= 0.3 is 0 Å². The first kappa shape index (κ1) is 19.7. The zero-order chi connectivity index (χ0) is 22.4. The van der Waals surface area contributed by atoms with Crippen molar-refractivity contribution < 1.29 is 4.74 Å². The molecule has 3 heterocycles. The van der Waals surface area contributed by atoms with Gasteiger partial charge in [0.2, 0.25) is 5.88 Å². The third kappa shape index (κ3) is 3.55. The lowest BCUT2D eigenvalue weighted by Crippen LogP contribution is -2.13. The molecule has 1 aliphatic carbocycles. The standard InChI is InChI=1S/C26H24N6O/c1-3-33-23-14-13-22-24(29-26-30-27-16-32(26)25(22)28-23)31(2)21-6-4-5-20(15-21)19-11-9-18(10-12-19)17-7-8-17/h4-6,9-17H,3,7-8H2,1-2H3. The lowest BCUT2D eigenvalue weighted by Gasteiger charge is -2.21. The summed E-state index contributed by atoms with van der Waals surface area (Å²) in [6, 6.07) is 21.3. The number of hydrogen-bond donors (Lipinski definition) is 0. The molecule has 2 aromatic carbocycles. The second-order valence-electron chi connectivity index (χ2n) is 8.40. The van der Waals surface area contributed by atoms with Crippen molar-refractivity contribution in [2.45, 2.75) is 25.7 Å². The summed E-state index contributed by atoms with van der Waals surface area (Å²) < 4.78 is 7.40. The molecule has 1 aliphatic rings. The molecule has 0 unspecified atom stereocenters. The molecule has 0 atom stereocenters. The van der Waals surface area contributed by atoms with Crippen LogP contribution in [0.2, 0.25) is 0 Å². The summed E-state index contributed by atoms with van der Waals surface area (Å²) in [5.41, 5.74) is 5.58. The lowest BCUT2D eigenvalue weighted by molar-refractivity contribution is 0.328. The van der Waals surface area contributed by atoms with E-state index in [0.29, 0.717) is 23.9 Å². The monoisotopic (exact) mass is 436 g/mol. The van der Waals surface area contributed by atoms with Gasteiger partial charge in [0.15, 0.2) is 5.65 Å². The van der Waals surface area contributed by atoms with Crippen LogP contribution in [-0.2, 0) is 0 Å². The molecule has 3 aromatic heterocycles. The molecule has 0 aliphatic heterocycles. The Morgan fingerprint density at radius 2 is 1.85 bits per heavy atom. The summed E-state index contributed by atoms with van der Waals surface area (Å²) in [7, 11) is 2.01. The number of hydrogen-bond acceptors (Lipinski definition) is 6. The summed E-state index contributed by atoms with van der Waals surface area (Å²) in [5.74, 6) is 2.59. The van der Waals surface area contributed by atoms with Crippen molar-refractivity contribution in [1.82, 2.24) is 24.6 Å². The van der Waals surface area contributed by atoms with Crippen molar-refractivity contribution in [3.63, 3.8) is 0 Å². The van der Waals surface area contributed by atoms with Crippen LogP contribution >= 0.6 is 0 Å². The summed E-state index contributed by atoms with van der Waals surface area (Å²) >= 11 is 0. The zero-order valence-corrected chi connectivity index (χ0v) is 18.6. The van der Waals surface area contributed by atoms with E-state index in [1.807, 2.05) is 26.1 Å². The van der Waals surface area contributed by atoms with E-state index in [1.54, 1.807) is 10.7 Å². The molecule has 1 fully saturated rings. The van der Waals surface area contributed by atoms with Gasteiger partial charge in [0.25, 0.3) is 5.78 Å². The Hall–Kier alpha value is -4.00. The van der Waals surface area contributed by atoms with Gasteiger partial charge in [-0.1, -0.05) is 36.4 Å². The van der Waals surface area contributed by atoms with Crippen LogP contribution < -0.4 is 9.64 Å². The molecule has 7 heteroatoms. The maximum Gasteiger partial charge on any atom is 0.258 e. The minimum Gasteiger partial charge on any atom is -0.478 e. The van der Waals surface area contributed by atoms with Crippen LogP contribution in [0.25, 0.3) is 27.9 Å². The van der Waals surface area contributed by atoms with Gasteiger partial charge in [-0.2, -0.15) is 9.97 Å². The number of rotatable bonds is 6. The van der Waals surface area contributed by atoms with Gasteiger partial charge in [0.1, 0.15) is 12.1 Å². The highest BCUT2D eigenvalue weighted by Gasteiger charge is 2.23. The van der Waals surface area contributed by atoms with Gasteiger partial charge in [-0.25, -0.2) is 4.40 Å². The Balaban J connectivity index is 1.42. The molecule has 0 spiro atoms. The van der Waals surface area contributed by atoms with Gasteiger partial charge in [0.05, 0.1) is 12.0 Å². The number of aromatic nitrogens is 5. The van der Waals surface area contributed by atoms with Crippen molar-refractivity contribution >= 4 is 28.3 Å². The van der Waals surface area contributed by atoms with E-state index in [9.17, 15) is 0 Å². The maximum atomic E-state index is 5.62. The van der Waals surface area contributed by atoms with E-state index in [-0.39, 0.29) is 0 Å². The molecule has 5 aromatic rings. The molecule has 0 N–H and O–H groups in total. The van der Waals surface area contributed by atoms with E-state index < -0.39 is 0 Å². The number of anilines is 2. The molecule has 0 amide bonds. The number of benzene rings is 2. The van der Waals surface area contributed by atoms with Crippen LogP contribution in [0.15, 0.2) is 67.0 Å². The number of fused-ring (bicyclic) bond motifs is 3. The number of ether oxygens (including phenoxy) is 1. The third-order valence-corrected chi connectivity index (χ3v) is 6.19. The second kappa shape index (κ2) is 7.85. The molecular weight excluding hydrogens is 412 g/mol. The van der Waals surface area contributed by atoms with Crippen LogP contribution in [0.5, 0.6) is 5.88 Å². The predicted octanol–water partition coefficient (Wildman–Crippen LogP) is 5.38. The van der Waals surface area contributed by atoms with E-state index in [0.717, 1.165) is 22.8 Å².